The zero-order valence-corrected chi connectivity index (χ0v) is 16.6. The van der Waals surface area contributed by atoms with Gasteiger partial charge in [-0.25, -0.2) is 4.79 Å². The van der Waals surface area contributed by atoms with Gasteiger partial charge in [0.2, 0.25) is 5.96 Å². The van der Waals surface area contributed by atoms with E-state index < -0.39 is 5.97 Å². The Morgan fingerprint density at radius 1 is 1.10 bits per heavy atom. The molecule has 0 aromatic heterocycles. The number of hydrogen-bond donors (Lipinski definition) is 3. The summed E-state index contributed by atoms with van der Waals surface area (Å²) in [6.07, 6.45) is 1.44. The Kier molecular flexibility index (Phi) is 8.18. The maximum absolute atomic E-state index is 12.2. The van der Waals surface area contributed by atoms with Crippen molar-refractivity contribution in [2.24, 2.45) is 21.7 Å². The summed E-state index contributed by atoms with van der Waals surface area (Å²) in [6, 6.07) is 11.4. The number of nitrogens with one attached hydrogen (secondary N) is 1. The molecule has 0 aliphatic heterocycles. The SMILES string of the molecule is CCOC(=O)c1ccc(NC(=O)COc2ccc(/C=N/N=C(N)N)cc2OC)cc1. The van der Waals surface area contributed by atoms with Crippen molar-refractivity contribution in [1.82, 2.24) is 0 Å². The van der Waals surface area contributed by atoms with Crippen LogP contribution in [0.4, 0.5) is 5.69 Å². The average Bonchev–Trinajstić information content (AvgIpc) is 2.73. The van der Waals surface area contributed by atoms with Crippen molar-refractivity contribution in [3.05, 3.63) is 53.6 Å². The number of hydrogen-bond acceptors (Lipinski definition) is 7. The lowest BCUT2D eigenvalue weighted by Gasteiger charge is -2.11. The number of carbonyl (C=O) groups is 2. The van der Waals surface area contributed by atoms with E-state index in [0.29, 0.717) is 34.9 Å². The van der Waals surface area contributed by atoms with Crippen molar-refractivity contribution in [2.45, 2.75) is 6.92 Å². The first kappa shape index (κ1) is 22.2. The average molecular weight is 413 g/mol. The molecule has 10 heteroatoms. The summed E-state index contributed by atoms with van der Waals surface area (Å²) in [5, 5.41) is 9.91. The summed E-state index contributed by atoms with van der Waals surface area (Å²) in [6.45, 7) is 1.79. The van der Waals surface area contributed by atoms with Crippen LogP contribution in [0.3, 0.4) is 0 Å². The van der Waals surface area contributed by atoms with E-state index >= 15 is 0 Å². The van der Waals surface area contributed by atoms with Crippen molar-refractivity contribution < 1.29 is 23.8 Å². The van der Waals surface area contributed by atoms with Crippen molar-refractivity contribution >= 4 is 29.7 Å². The van der Waals surface area contributed by atoms with E-state index in [-0.39, 0.29) is 18.5 Å². The second kappa shape index (κ2) is 11.1. The van der Waals surface area contributed by atoms with Gasteiger partial charge in [0.1, 0.15) is 0 Å². The number of methoxy groups -OCH3 is 1. The number of benzene rings is 2. The number of nitrogens with zero attached hydrogens (tertiary/aromatic N) is 2. The summed E-state index contributed by atoms with van der Waals surface area (Å²) < 4.78 is 15.7. The molecule has 2 aromatic rings. The Morgan fingerprint density at radius 2 is 1.83 bits per heavy atom. The molecule has 2 rings (SSSR count). The van der Waals surface area contributed by atoms with Crippen LogP contribution in [-0.4, -0.2) is 44.4 Å². The molecule has 0 bridgehead atoms. The summed E-state index contributed by atoms with van der Waals surface area (Å²) in [5.74, 6) is -0.156. The van der Waals surface area contributed by atoms with Crippen molar-refractivity contribution in [3.8, 4) is 11.5 Å². The highest BCUT2D eigenvalue weighted by Crippen LogP contribution is 2.27. The van der Waals surface area contributed by atoms with E-state index in [0.717, 1.165) is 0 Å². The fraction of sp³-hybridized carbons (Fsp3) is 0.200. The normalized spacial score (nSPS) is 10.3. The van der Waals surface area contributed by atoms with E-state index in [9.17, 15) is 9.59 Å². The summed E-state index contributed by atoms with van der Waals surface area (Å²) in [4.78, 5) is 23.8. The van der Waals surface area contributed by atoms with Gasteiger partial charge in [-0.2, -0.15) is 5.10 Å². The maximum atomic E-state index is 12.2. The van der Waals surface area contributed by atoms with Crippen LogP contribution in [-0.2, 0) is 9.53 Å². The van der Waals surface area contributed by atoms with E-state index in [1.807, 2.05) is 0 Å². The summed E-state index contributed by atoms with van der Waals surface area (Å²) in [7, 11) is 1.48. The molecular weight excluding hydrogens is 390 g/mol. The monoisotopic (exact) mass is 413 g/mol. The van der Waals surface area contributed by atoms with Crippen LogP contribution in [0, 0.1) is 0 Å². The molecule has 0 heterocycles. The zero-order chi connectivity index (χ0) is 21.9. The Bertz CT molecular complexity index is 937. The largest absolute Gasteiger partial charge is 0.493 e. The van der Waals surface area contributed by atoms with Crippen LogP contribution >= 0.6 is 0 Å². The quantitative estimate of drug-likeness (QED) is 0.244. The number of rotatable bonds is 9. The maximum Gasteiger partial charge on any atom is 0.338 e. The molecule has 10 nitrogen and oxygen atoms in total. The van der Waals surface area contributed by atoms with Gasteiger partial charge in [-0.05, 0) is 55.0 Å². The number of ether oxygens (including phenoxy) is 3. The third kappa shape index (κ3) is 6.82. The number of esters is 1. The highest BCUT2D eigenvalue weighted by Gasteiger charge is 2.10. The van der Waals surface area contributed by atoms with Gasteiger partial charge < -0.3 is 31.0 Å². The molecular formula is C20H23N5O5. The summed E-state index contributed by atoms with van der Waals surface area (Å²) in [5.41, 5.74) is 12.0. The van der Waals surface area contributed by atoms with Gasteiger partial charge in [-0.1, -0.05) is 0 Å². The first-order chi connectivity index (χ1) is 14.4. The molecule has 0 unspecified atom stereocenters. The minimum absolute atomic E-state index is 0.153. The molecule has 0 radical (unpaired) electrons. The molecule has 5 N–H and O–H groups in total. The highest BCUT2D eigenvalue weighted by atomic mass is 16.5. The van der Waals surface area contributed by atoms with Gasteiger partial charge in [0, 0.05) is 5.69 Å². The predicted molar refractivity (Wildman–Crippen MR) is 113 cm³/mol. The second-order valence-electron chi connectivity index (χ2n) is 5.81. The van der Waals surface area contributed by atoms with Crippen LogP contribution in [0.2, 0.25) is 0 Å². The Hall–Kier alpha value is -4.08. The van der Waals surface area contributed by atoms with Gasteiger partial charge in [0.05, 0.1) is 25.5 Å². The Balaban J connectivity index is 1.94. The standard InChI is InChI=1S/C20H23N5O5/c1-3-29-19(27)14-5-7-15(8-6-14)24-18(26)12-30-16-9-4-13(10-17(16)28-2)11-23-25-20(21)22/h4-11H,3,12H2,1-2H3,(H,24,26)(H4,21,22,25)/b23-11+. The van der Waals surface area contributed by atoms with Crippen molar-refractivity contribution in [2.75, 3.05) is 25.6 Å². The van der Waals surface area contributed by atoms with Crippen molar-refractivity contribution in [1.29, 1.82) is 0 Å². The van der Waals surface area contributed by atoms with E-state index in [2.05, 4.69) is 15.5 Å². The Morgan fingerprint density at radius 3 is 2.47 bits per heavy atom. The first-order valence-electron chi connectivity index (χ1n) is 8.92. The lowest BCUT2D eigenvalue weighted by Crippen LogP contribution is -2.21. The van der Waals surface area contributed by atoms with E-state index in [4.69, 9.17) is 25.7 Å². The van der Waals surface area contributed by atoms with E-state index in [1.54, 1.807) is 49.4 Å². The molecule has 0 aliphatic carbocycles. The molecule has 158 valence electrons. The fourth-order valence-corrected chi connectivity index (χ4v) is 2.29. The number of anilines is 1. The molecule has 30 heavy (non-hydrogen) atoms. The van der Waals surface area contributed by atoms with Gasteiger partial charge >= 0.3 is 5.97 Å². The van der Waals surface area contributed by atoms with Crippen LogP contribution < -0.4 is 26.3 Å². The minimum atomic E-state index is -0.419. The number of carbonyl (C=O) groups excluding carboxylic acids is 2. The first-order valence-corrected chi connectivity index (χ1v) is 8.92. The van der Waals surface area contributed by atoms with Crippen LogP contribution in [0.25, 0.3) is 0 Å². The molecule has 0 aliphatic rings. The molecule has 0 fully saturated rings. The molecule has 0 saturated heterocycles. The Labute approximate surface area is 173 Å². The van der Waals surface area contributed by atoms with Crippen LogP contribution in [0.5, 0.6) is 11.5 Å². The van der Waals surface area contributed by atoms with Gasteiger partial charge in [-0.15, -0.1) is 5.10 Å². The number of amides is 1. The van der Waals surface area contributed by atoms with Gasteiger partial charge in [0.25, 0.3) is 5.91 Å². The van der Waals surface area contributed by atoms with Crippen LogP contribution in [0.1, 0.15) is 22.8 Å². The van der Waals surface area contributed by atoms with Gasteiger partial charge in [-0.3, -0.25) is 4.79 Å². The summed E-state index contributed by atoms with van der Waals surface area (Å²) >= 11 is 0. The number of guanidine groups is 1. The molecule has 1 amide bonds. The van der Waals surface area contributed by atoms with Crippen molar-refractivity contribution in [3.63, 3.8) is 0 Å². The lowest BCUT2D eigenvalue weighted by atomic mass is 10.2. The topological polar surface area (TPSA) is 151 Å². The highest BCUT2D eigenvalue weighted by molar-refractivity contribution is 5.93. The minimum Gasteiger partial charge on any atom is -0.493 e. The molecule has 0 spiro atoms. The fourth-order valence-electron chi connectivity index (χ4n) is 2.29. The van der Waals surface area contributed by atoms with E-state index in [1.165, 1.54) is 13.3 Å². The zero-order valence-electron chi connectivity index (χ0n) is 16.6. The molecule has 2 aromatic carbocycles. The second-order valence-corrected chi connectivity index (χ2v) is 5.81. The third-order valence-corrected chi connectivity index (χ3v) is 3.61. The molecule has 0 saturated carbocycles. The third-order valence-electron chi connectivity index (χ3n) is 3.61. The predicted octanol–water partition coefficient (Wildman–Crippen LogP) is 1.50. The lowest BCUT2D eigenvalue weighted by molar-refractivity contribution is -0.118. The van der Waals surface area contributed by atoms with Gasteiger partial charge in [0.15, 0.2) is 18.1 Å². The smallest absolute Gasteiger partial charge is 0.338 e. The number of nitrogens with two attached hydrogens (primary N) is 2. The van der Waals surface area contributed by atoms with Crippen LogP contribution in [0.15, 0.2) is 52.7 Å². The molecule has 0 atom stereocenters.